The molecule has 21 heavy (non-hydrogen) atoms. The fourth-order valence-electron chi connectivity index (χ4n) is 1.90. The van der Waals surface area contributed by atoms with Crippen LogP contribution in [-0.2, 0) is 16.6 Å². The summed E-state index contributed by atoms with van der Waals surface area (Å²) in [6, 6.07) is 7.01. The summed E-state index contributed by atoms with van der Waals surface area (Å²) >= 11 is 1.19. The molecule has 7 heteroatoms. The second-order valence-electron chi connectivity index (χ2n) is 4.70. The second kappa shape index (κ2) is 6.65. The van der Waals surface area contributed by atoms with E-state index in [4.69, 9.17) is 0 Å². The molecular formula is C14H17FN2O2S2. The van der Waals surface area contributed by atoms with Crippen molar-refractivity contribution < 1.29 is 12.8 Å². The fourth-order valence-corrected chi connectivity index (χ4v) is 4.36. The Labute approximate surface area is 128 Å². The molecule has 0 radical (unpaired) electrons. The molecule has 1 heterocycles. The number of halogens is 1. The average Bonchev–Trinajstić information content (AvgIpc) is 2.89. The first kappa shape index (κ1) is 16.1. The predicted octanol–water partition coefficient (Wildman–Crippen LogP) is 2.65. The van der Waals surface area contributed by atoms with Crippen LogP contribution in [0.15, 0.2) is 39.9 Å². The molecule has 0 aliphatic heterocycles. The number of hydrogen-bond donors (Lipinski definition) is 2. The molecule has 114 valence electrons. The molecule has 0 amide bonds. The van der Waals surface area contributed by atoms with E-state index in [0.717, 1.165) is 5.56 Å². The van der Waals surface area contributed by atoms with Crippen LogP contribution in [-0.4, -0.2) is 15.5 Å². The van der Waals surface area contributed by atoms with Gasteiger partial charge in [0.25, 0.3) is 10.0 Å². The van der Waals surface area contributed by atoms with Gasteiger partial charge in [-0.2, -0.15) is 0 Å². The van der Waals surface area contributed by atoms with E-state index in [1.165, 1.54) is 23.5 Å². The van der Waals surface area contributed by atoms with Gasteiger partial charge in [0.1, 0.15) is 10.0 Å². The van der Waals surface area contributed by atoms with Gasteiger partial charge in [-0.15, -0.1) is 11.3 Å². The molecule has 1 unspecified atom stereocenters. The van der Waals surface area contributed by atoms with Crippen LogP contribution in [0.2, 0.25) is 0 Å². The highest BCUT2D eigenvalue weighted by molar-refractivity contribution is 7.91. The van der Waals surface area contributed by atoms with Gasteiger partial charge in [-0.25, -0.2) is 17.5 Å². The van der Waals surface area contributed by atoms with Crippen LogP contribution in [0.1, 0.15) is 24.1 Å². The quantitative estimate of drug-likeness (QED) is 0.857. The van der Waals surface area contributed by atoms with Gasteiger partial charge in [-0.3, -0.25) is 0 Å². The van der Waals surface area contributed by atoms with Crippen molar-refractivity contribution in [3.8, 4) is 0 Å². The number of hydrogen-bond acceptors (Lipinski definition) is 4. The molecule has 1 aromatic carbocycles. The van der Waals surface area contributed by atoms with Crippen LogP contribution >= 0.6 is 11.3 Å². The molecule has 0 bridgehead atoms. The van der Waals surface area contributed by atoms with Crippen molar-refractivity contribution in [3.05, 3.63) is 52.7 Å². The van der Waals surface area contributed by atoms with Crippen LogP contribution in [0.4, 0.5) is 4.39 Å². The highest BCUT2D eigenvalue weighted by Crippen LogP contribution is 2.23. The highest BCUT2D eigenvalue weighted by Gasteiger charge is 2.20. The van der Waals surface area contributed by atoms with Gasteiger partial charge in [0, 0.05) is 12.6 Å². The Balaban J connectivity index is 2.14. The minimum Gasteiger partial charge on any atom is -0.316 e. The van der Waals surface area contributed by atoms with E-state index in [1.54, 1.807) is 32.2 Å². The average molecular weight is 328 g/mol. The van der Waals surface area contributed by atoms with Crippen LogP contribution in [0.25, 0.3) is 0 Å². The van der Waals surface area contributed by atoms with Crippen molar-refractivity contribution in [2.75, 3.05) is 7.05 Å². The van der Waals surface area contributed by atoms with Crippen LogP contribution in [0.5, 0.6) is 0 Å². The van der Waals surface area contributed by atoms with Crippen molar-refractivity contribution in [2.45, 2.75) is 23.7 Å². The van der Waals surface area contributed by atoms with E-state index in [2.05, 4.69) is 10.0 Å². The van der Waals surface area contributed by atoms with Crippen molar-refractivity contribution >= 4 is 21.4 Å². The maximum atomic E-state index is 12.9. The summed E-state index contributed by atoms with van der Waals surface area (Å²) in [6.45, 7) is 2.35. The van der Waals surface area contributed by atoms with Crippen molar-refractivity contribution in [1.82, 2.24) is 10.0 Å². The first-order chi connectivity index (χ1) is 9.92. The smallest absolute Gasteiger partial charge is 0.250 e. The SMILES string of the molecule is CNCc1csc(S(=O)(=O)NC(C)c2ccc(F)cc2)c1. The topological polar surface area (TPSA) is 58.2 Å². The Morgan fingerprint density at radius 2 is 1.95 bits per heavy atom. The number of nitrogens with one attached hydrogen (secondary N) is 2. The third kappa shape index (κ3) is 4.10. The van der Waals surface area contributed by atoms with E-state index in [-0.39, 0.29) is 10.0 Å². The zero-order chi connectivity index (χ0) is 15.5. The molecule has 0 spiro atoms. The molecule has 1 aromatic heterocycles. The van der Waals surface area contributed by atoms with Crippen LogP contribution in [0.3, 0.4) is 0 Å². The minimum atomic E-state index is -3.57. The largest absolute Gasteiger partial charge is 0.316 e. The van der Waals surface area contributed by atoms with Crippen molar-refractivity contribution in [2.24, 2.45) is 0 Å². The van der Waals surface area contributed by atoms with Gasteiger partial charge in [0.15, 0.2) is 0 Å². The normalized spacial score (nSPS) is 13.3. The lowest BCUT2D eigenvalue weighted by molar-refractivity contribution is 0.568. The Morgan fingerprint density at radius 3 is 2.57 bits per heavy atom. The van der Waals surface area contributed by atoms with E-state index < -0.39 is 16.1 Å². The second-order valence-corrected chi connectivity index (χ2v) is 7.55. The Bertz CT molecular complexity index is 696. The van der Waals surface area contributed by atoms with Gasteiger partial charge >= 0.3 is 0 Å². The first-order valence-electron chi connectivity index (χ1n) is 6.42. The maximum absolute atomic E-state index is 12.9. The summed E-state index contributed by atoms with van der Waals surface area (Å²) in [7, 11) is -1.76. The van der Waals surface area contributed by atoms with E-state index in [9.17, 15) is 12.8 Å². The molecule has 0 fully saturated rings. The molecule has 0 aliphatic carbocycles. The highest BCUT2D eigenvalue weighted by atomic mass is 32.2. The standard InChI is InChI=1S/C14H17FN2O2S2/c1-10(12-3-5-13(15)6-4-12)17-21(18,19)14-7-11(8-16-2)9-20-14/h3-7,9-10,16-17H,8H2,1-2H3. The van der Waals surface area contributed by atoms with Gasteiger partial charge in [0.2, 0.25) is 0 Å². The maximum Gasteiger partial charge on any atom is 0.250 e. The van der Waals surface area contributed by atoms with Crippen molar-refractivity contribution in [3.63, 3.8) is 0 Å². The van der Waals surface area contributed by atoms with Crippen LogP contribution in [0, 0.1) is 5.82 Å². The van der Waals surface area contributed by atoms with Gasteiger partial charge < -0.3 is 5.32 Å². The fraction of sp³-hybridized carbons (Fsp3) is 0.286. The number of rotatable bonds is 6. The number of sulfonamides is 1. The number of thiophene rings is 1. The summed E-state index contributed by atoms with van der Waals surface area (Å²) in [5.41, 5.74) is 1.64. The zero-order valence-electron chi connectivity index (χ0n) is 11.8. The molecule has 2 aromatic rings. The Hall–Kier alpha value is -1.28. The van der Waals surface area contributed by atoms with Crippen LogP contribution < -0.4 is 10.0 Å². The molecule has 0 aliphatic rings. The third-order valence-electron chi connectivity index (χ3n) is 2.98. The zero-order valence-corrected chi connectivity index (χ0v) is 13.4. The molecule has 1 atom stereocenters. The Morgan fingerprint density at radius 1 is 1.29 bits per heavy atom. The first-order valence-corrected chi connectivity index (χ1v) is 8.78. The lowest BCUT2D eigenvalue weighted by Crippen LogP contribution is -2.26. The van der Waals surface area contributed by atoms with Gasteiger partial charge in [0.05, 0.1) is 0 Å². The summed E-state index contributed by atoms with van der Waals surface area (Å²) < 4.78 is 40.4. The third-order valence-corrected chi connectivity index (χ3v) is 6.01. The van der Waals surface area contributed by atoms with Gasteiger partial charge in [-0.1, -0.05) is 12.1 Å². The van der Waals surface area contributed by atoms with E-state index in [1.807, 2.05) is 5.38 Å². The van der Waals surface area contributed by atoms with Gasteiger partial charge in [-0.05, 0) is 48.7 Å². The molecule has 4 nitrogen and oxygen atoms in total. The van der Waals surface area contributed by atoms with Crippen molar-refractivity contribution in [1.29, 1.82) is 0 Å². The lowest BCUT2D eigenvalue weighted by Gasteiger charge is -2.13. The number of benzene rings is 1. The summed E-state index contributed by atoms with van der Waals surface area (Å²) in [5, 5.41) is 4.79. The van der Waals surface area contributed by atoms with E-state index >= 15 is 0 Å². The summed E-state index contributed by atoms with van der Waals surface area (Å²) in [5.74, 6) is -0.344. The lowest BCUT2D eigenvalue weighted by atomic mass is 10.1. The Kier molecular flexibility index (Phi) is 5.10. The van der Waals surface area contributed by atoms with E-state index in [0.29, 0.717) is 12.1 Å². The molecule has 2 N–H and O–H groups in total. The summed E-state index contributed by atoms with van der Waals surface area (Å²) in [4.78, 5) is 0. The predicted molar refractivity (Wildman–Crippen MR) is 82.2 cm³/mol. The summed E-state index contributed by atoms with van der Waals surface area (Å²) in [6.07, 6.45) is 0. The minimum absolute atomic E-state index is 0.279. The molecule has 0 saturated carbocycles. The molecular weight excluding hydrogens is 311 g/mol. The monoisotopic (exact) mass is 328 g/mol. The molecule has 2 rings (SSSR count). The molecule has 0 saturated heterocycles.